The number of aliphatic hydroxyl groups is 2. The van der Waals surface area contributed by atoms with Crippen molar-refractivity contribution in [3.05, 3.63) is 124 Å². The van der Waals surface area contributed by atoms with Crippen LogP contribution in [0.15, 0.2) is 96.6 Å². The highest BCUT2D eigenvalue weighted by molar-refractivity contribution is 6.01. The lowest BCUT2D eigenvalue weighted by molar-refractivity contribution is -0.624. The van der Waals surface area contributed by atoms with E-state index in [4.69, 9.17) is 9.47 Å². The van der Waals surface area contributed by atoms with E-state index in [9.17, 15) is 48.9 Å². The molecule has 0 spiro atoms. The minimum atomic E-state index is -2.35. The molecule has 11 atom stereocenters. The van der Waals surface area contributed by atoms with Crippen molar-refractivity contribution in [1.29, 1.82) is 0 Å². The van der Waals surface area contributed by atoms with Gasteiger partial charge in [0, 0.05) is 52.7 Å². The van der Waals surface area contributed by atoms with Gasteiger partial charge in [-0.1, -0.05) is 79.4 Å². The summed E-state index contributed by atoms with van der Waals surface area (Å²) in [5.41, 5.74) is -2.47. The number of fused-ring (bicyclic) bond motifs is 9. The lowest BCUT2D eigenvalue weighted by atomic mass is 8.94. The predicted octanol–water partition coefficient (Wildman–Crippen LogP) is 4.67. The number of ether oxygens (including phenoxy) is 2. The molecule has 6 N–H and O–H groups in total. The molecule has 4 amide bonds. The molecule has 10 aliphatic carbocycles. The fraction of sp³-hybridized carbons (Fsp3) is 0.508. The van der Waals surface area contributed by atoms with Gasteiger partial charge in [0.1, 0.15) is 18.8 Å². The molecule has 1 saturated heterocycles. The molecule has 15 rings (SSSR count). The normalized spacial score (nSPS) is 40.4. The lowest BCUT2D eigenvalue weighted by Crippen LogP contribution is -3.15. The van der Waals surface area contributed by atoms with Gasteiger partial charge in [0.2, 0.25) is 23.6 Å². The minimum absolute atomic E-state index is 0.00449. The zero-order valence-corrected chi connectivity index (χ0v) is 44.7. The lowest BCUT2D eigenvalue weighted by Gasteiger charge is -3.11. The number of aliphatic carboxylic acids is 1. The molecule has 12 aliphatic rings. The SMILES string of the molecule is C[C@]12C=CC(=O)C=C1[C@@H](F)C[C@H]1[C@@H]3C[C@H]4O[C@@H](c5ccc(CC67C8C9C6C6C7C8C96NC(=O)[C@H](CCC(=O)O)NC(=O)CNC(=O)CCC(=O)N6Cc7ccccc7C#Cc7ccccc76)cc5)O[C@@]4(C(=O)CO)[C@@]3(C)C[C@H](O)[C@@]12F. The van der Waals surface area contributed by atoms with Crippen molar-refractivity contribution in [2.45, 2.75) is 119 Å². The summed E-state index contributed by atoms with van der Waals surface area (Å²) < 4.78 is 47.3. The molecular formula is C63H62F2N4O12. The Morgan fingerprint density at radius 3 is 2.26 bits per heavy atom. The first-order valence-electron chi connectivity index (χ1n) is 28.4. The Kier molecular flexibility index (Phi) is 11.5. The number of para-hydroxylation sites is 1. The van der Waals surface area contributed by atoms with Gasteiger partial charge in [0.05, 0.1) is 36.5 Å². The fourth-order valence-electron chi connectivity index (χ4n) is 19.1. The summed E-state index contributed by atoms with van der Waals surface area (Å²) >= 11 is 0. The number of nitrogens with one attached hydrogen (secondary N) is 3. The van der Waals surface area contributed by atoms with Gasteiger partial charge in [-0.2, -0.15) is 0 Å². The standard InChI is InChI=1S/C63H62F2N4O12/c1-58-22-21-36(71)23-39(58)40(64)24-38-37-25-45-63(44(73)30-70,59(37,2)27-43(72)62(38,58)65)81-57(80-45)34-13-11-31(12-14-34)26-60-50-53-51(60)55-52(60)54(50)61(53,55)68-56(79)41(17-20-49(77)78)67-47(75)28-66-46(74)18-19-48(76)69-29-35-9-4-3-7-32(35)15-16-33-8-5-6-10-42(33)69/h3-14,21-23,37-38,40-41,43,45,50-55,57,70,72H,17-20,24-30H2,1-2H3,(H,66,74)(H,67,75)(H,68,79)(H,77,78)/t37-,38-,40-,41-,43-,45+,50?,51?,52?,53?,54?,55?,57+,58-,59-,60?,61?,62-,63+/m0/s1. The number of Topliss-reactive ketones (excluding diaryl/α,β-unsaturated/α-hetero) is 1. The third kappa shape index (κ3) is 6.68. The number of nitrogens with zero attached hydrogens (tertiary/aromatic N) is 1. The monoisotopic (exact) mass is 1100 g/mol. The van der Waals surface area contributed by atoms with E-state index in [1.165, 1.54) is 19.1 Å². The minimum Gasteiger partial charge on any atom is -0.481 e. The average Bonchev–Trinajstić information content (AvgIpc) is 1.50. The van der Waals surface area contributed by atoms with E-state index in [1.807, 2.05) is 72.8 Å². The fourth-order valence-corrected chi connectivity index (χ4v) is 19.1. The molecule has 10 fully saturated rings. The van der Waals surface area contributed by atoms with E-state index < -0.39 is 113 Å². The predicted molar refractivity (Wildman–Crippen MR) is 283 cm³/mol. The maximum Gasteiger partial charge on any atom is 0.303 e. The second-order valence-electron chi connectivity index (χ2n) is 25.3. The number of benzene rings is 3. The number of amides is 4. The van der Waals surface area contributed by atoms with Crippen molar-refractivity contribution >= 4 is 46.9 Å². The number of carbonyl (C=O) groups excluding carboxylic acids is 6. The van der Waals surface area contributed by atoms with Crippen molar-refractivity contribution in [3.63, 3.8) is 0 Å². The van der Waals surface area contributed by atoms with Crippen molar-refractivity contribution in [3.8, 4) is 11.8 Å². The molecule has 420 valence electrons. The topological polar surface area (TPSA) is 238 Å². The molecule has 3 aromatic rings. The van der Waals surface area contributed by atoms with Gasteiger partial charge >= 0.3 is 5.97 Å². The van der Waals surface area contributed by atoms with E-state index >= 15 is 8.78 Å². The Balaban J connectivity index is 0.586. The molecule has 0 aromatic heterocycles. The van der Waals surface area contributed by atoms with Crippen molar-refractivity contribution in [2.24, 2.45) is 63.6 Å². The summed E-state index contributed by atoms with van der Waals surface area (Å²) in [6, 6.07) is 21.6. The maximum absolute atomic E-state index is 17.9. The van der Waals surface area contributed by atoms with E-state index in [0.717, 1.165) is 29.2 Å². The second kappa shape index (κ2) is 17.8. The van der Waals surface area contributed by atoms with Crippen LogP contribution in [0.5, 0.6) is 0 Å². The van der Waals surface area contributed by atoms with Crippen molar-refractivity contribution < 1.29 is 67.1 Å². The van der Waals surface area contributed by atoms with Crippen LogP contribution in [-0.4, -0.2) is 111 Å². The summed E-state index contributed by atoms with van der Waals surface area (Å²) in [5.74, 6) is 2.56. The van der Waals surface area contributed by atoms with Crippen molar-refractivity contribution in [2.75, 3.05) is 18.1 Å². The maximum atomic E-state index is 17.9. The molecule has 2 heterocycles. The average molecular weight is 1110 g/mol. The molecule has 0 unspecified atom stereocenters. The number of aliphatic hydroxyl groups excluding tert-OH is 2. The molecule has 9 saturated carbocycles. The third-order valence-electron chi connectivity index (χ3n) is 22.4. The van der Waals surface area contributed by atoms with E-state index in [0.29, 0.717) is 34.6 Å². The summed E-state index contributed by atoms with van der Waals surface area (Å²) in [5, 5.41) is 40.4. The first kappa shape index (κ1) is 52.2. The van der Waals surface area contributed by atoms with Crippen LogP contribution in [0, 0.1) is 75.4 Å². The van der Waals surface area contributed by atoms with Gasteiger partial charge < -0.3 is 45.6 Å². The number of halogens is 2. The van der Waals surface area contributed by atoms with E-state index in [-0.39, 0.29) is 91.7 Å². The number of anilines is 1. The number of ketones is 2. The zero-order chi connectivity index (χ0) is 56.5. The summed E-state index contributed by atoms with van der Waals surface area (Å²) in [6.07, 6.45) is -1.91. The summed E-state index contributed by atoms with van der Waals surface area (Å²) in [4.78, 5) is 93.6. The summed E-state index contributed by atoms with van der Waals surface area (Å²) in [7, 11) is 0. The number of carbonyl (C=O) groups is 7. The number of carboxylic acid groups (broad SMARTS) is 1. The van der Waals surface area contributed by atoms with Crippen LogP contribution in [-0.2, 0) is 56.0 Å². The third-order valence-corrected chi connectivity index (χ3v) is 22.4. The van der Waals surface area contributed by atoms with Crippen LogP contribution in [0.25, 0.3) is 0 Å². The van der Waals surface area contributed by atoms with Crippen LogP contribution in [0.2, 0.25) is 0 Å². The molecule has 16 nitrogen and oxygen atoms in total. The summed E-state index contributed by atoms with van der Waals surface area (Å²) in [6.45, 7) is 2.19. The first-order chi connectivity index (χ1) is 38.8. The molecular weight excluding hydrogens is 1040 g/mol. The Morgan fingerprint density at radius 1 is 0.852 bits per heavy atom. The van der Waals surface area contributed by atoms with Crippen LogP contribution >= 0.6 is 0 Å². The number of carboxylic acids is 1. The first-order valence-corrected chi connectivity index (χ1v) is 28.4. The van der Waals surface area contributed by atoms with Crippen LogP contribution in [0.3, 0.4) is 0 Å². The molecule has 3 aromatic carbocycles. The second-order valence-corrected chi connectivity index (χ2v) is 25.3. The smallest absolute Gasteiger partial charge is 0.303 e. The Morgan fingerprint density at radius 2 is 1.54 bits per heavy atom. The molecule has 81 heavy (non-hydrogen) atoms. The number of rotatable bonds is 16. The zero-order valence-electron chi connectivity index (χ0n) is 44.7. The molecule has 0 bridgehead atoms. The van der Waals surface area contributed by atoms with Gasteiger partial charge in [0.15, 0.2) is 29.1 Å². The van der Waals surface area contributed by atoms with E-state index in [2.05, 4.69) is 27.8 Å². The molecule has 2 aliphatic heterocycles. The van der Waals surface area contributed by atoms with Gasteiger partial charge in [-0.3, -0.25) is 33.6 Å². The van der Waals surface area contributed by atoms with E-state index in [1.54, 1.807) is 11.8 Å². The highest BCUT2D eigenvalue weighted by atomic mass is 19.1. The van der Waals surface area contributed by atoms with Gasteiger partial charge in [-0.25, -0.2) is 8.78 Å². The molecule has 18 heteroatoms. The Bertz CT molecular complexity index is 3390. The highest BCUT2D eigenvalue weighted by Gasteiger charge is 3.09. The van der Waals surface area contributed by atoms with Crippen LogP contribution < -0.4 is 20.9 Å². The van der Waals surface area contributed by atoms with Crippen LogP contribution in [0.4, 0.5) is 14.5 Å². The highest BCUT2D eigenvalue weighted by Crippen LogP contribution is 3.07. The van der Waals surface area contributed by atoms with Crippen LogP contribution in [0.1, 0.15) is 92.9 Å². The largest absolute Gasteiger partial charge is 0.481 e. The Hall–Kier alpha value is -6.91. The quantitative estimate of drug-likeness (QED) is 0.107. The van der Waals surface area contributed by atoms with Gasteiger partial charge in [-0.05, 0) is 133 Å². The Labute approximate surface area is 465 Å². The van der Waals surface area contributed by atoms with Gasteiger partial charge in [0.25, 0.3) is 0 Å². The van der Waals surface area contributed by atoms with Gasteiger partial charge in [-0.15, -0.1) is 0 Å². The molecule has 0 radical (unpaired) electrons. The number of alkyl halides is 2. The number of hydrogen-bond donors (Lipinski definition) is 6. The number of hydrogen-bond acceptors (Lipinski definition) is 11. The number of allylic oxidation sites excluding steroid dienone is 4. The van der Waals surface area contributed by atoms with Crippen molar-refractivity contribution in [1.82, 2.24) is 16.0 Å².